The molecule has 0 aliphatic heterocycles. The molecule has 0 aliphatic rings. The summed E-state index contributed by atoms with van der Waals surface area (Å²) in [5.74, 6) is -0.618. The monoisotopic (exact) mass is 382 g/mol. The van der Waals surface area contributed by atoms with Crippen LogP contribution in [0, 0.1) is 0 Å². The van der Waals surface area contributed by atoms with E-state index >= 15 is 0 Å². The molecule has 146 valence electrons. The number of phenols is 1. The number of hydrogen-bond donors (Lipinski definition) is 3. The normalized spacial score (nSPS) is 14.1. The Hall–Kier alpha value is -1.42. The predicted molar refractivity (Wildman–Crippen MR) is 106 cm³/mol. The number of carbonyl (C=O) groups excluding carboxylic acids is 1. The highest BCUT2D eigenvalue weighted by Crippen LogP contribution is 2.50. The molecule has 1 aromatic carbocycles. The molecule has 0 unspecified atom stereocenters. The Labute approximate surface area is 156 Å². The number of carbonyl (C=O) groups is 1. The summed E-state index contributed by atoms with van der Waals surface area (Å²) in [6, 6.07) is 3.77. The van der Waals surface area contributed by atoms with Gasteiger partial charge in [-0.25, -0.2) is 0 Å². The van der Waals surface area contributed by atoms with E-state index in [-0.39, 0.29) is 16.6 Å². The van der Waals surface area contributed by atoms with E-state index in [1.807, 2.05) is 26.8 Å². The molecule has 0 saturated carbocycles. The molecule has 3 N–H and O–H groups in total. The average Bonchev–Trinajstić information content (AvgIpc) is 2.41. The number of ketones is 1. The maximum Gasteiger partial charge on any atom is 0.338 e. The SMILES string of the molecule is CC(C)(C)c1cc(/C=C/C(=O)C(C)(C)P(=O)(O)O)c(O)c(C(C)(C)C)c1. The van der Waals surface area contributed by atoms with E-state index in [1.165, 1.54) is 19.9 Å². The third kappa shape index (κ3) is 4.85. The fraction of sp³-hybridized carbons (Fsp3) is 0.550. The van der Waals surface area contributed by atoms with Crippen LogP contribution in [0.25, 0.3) is 6.08 Å². The number of rotatable bonds is 4. The lowest BCUT2D eigenvalue weighted by atomic mass is 9.79. The lowest BCUT2D eigenvalue weighted by Crippen LogP contribution is -2.29. The van der Waals surface area contributed by atoms with E-state index in [4.69, 9.17) is 0 Å². The third-order valence-corrected chi connectivity index (χ3v) is 6.24. The van der Waals surface area contributed by atoms with Crippen LogP contribution >= 0.6 is 7.60 Å². The van der Waals surface area contributed by atoms with Gasteiger partial charge in [-0.15, -0.1) is 0 Å². The zero-order chi connectivity index (χ0) is 20.7. The fourth-order valence-electron chi connectivity index (χ4n) is 2.30. The second-order valence-electron chi connectivity index (χ2n) is 9.26. The van der Waals surface area contributed by atoms with Gasteiger partial charge in [-0.3, -0.25) is 9.36 Å². The molecule has 0 atom stereocenters. The minimum atomic E-state index is -4.59. The van der Waals surface area contributed by atoms with Crippen molar-refractivity contribution >= 4 is 19.5 Å². The van der Waals surface area contributed by atoms with E-state index in [0.29, 0.717) is 5.56 Å². The Morgan fingerprint density at radius 2 is 1.46 bits per heavy atom. The highest BCUT2D eigenvalue weighted by atomic mass is 31.2. The van der Waals surface area contributed by atoms with Crippen LogP contribution in [-0.4, -0.2) is 25.8 Å². The van der Waals surface area contributed by atoms with Crippen molar-refractivity contribution in [2.45, 2.75) is 71.4 Å². The number of aromatic hydroxyl groups is 1. The summed E-state index contributed by atoms with van der Waals surface area (Å²) in [6.45, 7) is 14.6. The number of benzene rings is 1. The van der Waals surface area contributed by atoms with Crippen molar-refractivity contribution in [1.82, 2.24) is 0 Å². The molecule has 0 spiro atoms. The van der Waals surface area contributed by atoms with Crippen molar-refractivity contribution < 1.29 is 24.3 Å². The van der Waals surface area contributed by atoms with Gasteiger partial charge in [0.05, 0.1) is 0 Å². The minimum Gasteiger partial charge on any atom is -0.507 e. The molecule has 0 radical (unpaired) electrons. The Morgan fingerprint density at radius 3 is 1.85 bits per heavy atom. The summed E-state index contributed by atoms with van der Waals surface area (Å²) in [4.78, 5) is 31.1. The Balaban J connectivity index is 3.50. The zero-order valence-corrected chi connectivity index (χ0v) is 17.8. The maximum atomic E-state index is 12.3. The summed E-state index contributed by atoms with van der Waals surface area (Å²) < 4.78 is 11.5. The van der Waals surface area contributed by atoms with Crippen molar-refractivity contribution in [2.24, 2.45) is 0 Å². The molecule has 6 heteroatoms. The molecule has 5 nitrogen and oxygen atoms in total. The smallest absolute Gasteiger partial charge is 0.338 e. The first kappa shape index (κ1) is 22.6. The first-order valence-electron chi connectivity index (χ1n) is 8.55. The van der Waals surface area contributed by atoms with Gasteiger partial charge in [0.15, 0.2) is 5.78 Å². The third-order valence-electron chi connectivity index (χ3n) is 4.56. The largest absolute Gasteiger partial charge is 0.507 e. The molecule has 0 amide bonds. The highest BCUT2D eigenvalue weighted by molar-refractivity contribution is 7.54. The Bertz CT molecular complexity index is 771. The van der Waals surface area contributed by atoms with Crippen molar-refractivity contribution in [2.75, 3.05) is 0 Å². The maximum absolute atomic E-state index is 12.3. The van der Waals surface area contributed by atoms with E-state index in [2.05, 4.69) is 20.8 Å². The van der Waals surface area contributed by atoms with Gasteiger partial charge in [0.2, 0.25) is 0 Å². The second-order valence-corrected chi connectivity index (χ2v) is 11.5. The Morgan fingerprint density at radius 1 is 0.962 bits per heavy atom. The van der Waals surface area contributed by atoms with Crippen molar-refractivity contribution in [3.8, 4) is 5.75 Å². The van der Waals surface area contributed by atoms with Crippen molar-refractivity contribution in [3.05, 3.63) is 34.9 Å². The standard InChI is InChI=1S/C20H31O5P/c1-18(2,3)14-11-13(17(22)15(12-14)19(4,5)6)9-10-16(21)20(7,8)26(23,24)25/h9-12,22H,1-8H3,(H2,23,24,25)/b10-9+. The van der Waals surface area contributed by atoms with Crippen molar-refractivity contribution in [1.29, 1.82) is 0 Å². The fourth-order valence-corrected chi connectivity index (χ4v) is 2.66. The van der Waals surface area contributed by atoms with E-state index < -0.39 is 18.5 Å². The number of hydrogen-bond acceptors (Lipinski definition) is 3. The van der Waals surface area contributed by atoms with Gasteiger partial charge in [-0.05, 0) is 48.5 Å². The van der Waals surface area contributed by atoms with Crippen LogP contribution in [0.1, 0.15) is 72.1 Å². The quantitative estimate of drug-likeness (QED) is 0.525. The highest BCUT2D eigenvalue weighted by Gasteiger charge is 2.43. The van der Waals surface area contributed by atoms with Gasteiger partial charge in [0.25, 0.3) is 0 Å². The number of allylic oxidation sites excluding steroid dienone is 1. The van der Waals surface area contributed by atoms with Gasteiger partial charge in [-0.1, -0.05) is 47.6 Å². The molecule has 0 fully saturated rings. The van der Waals surface area contributed by atoms with Crippen LogP contribution < -0.4 is 0 Å². The lowest BCUT2D eigenvalue weighted by molar-refractivity contribution is -0.116. The van der Waals surface area contributed by atoms with Gasteiger partial charge >= 0.3 is 7.60 Å². The molecule has 0 saturated heterocycles. The summed E-state index contributed by atoms with van der Waals surface area (Å²) >= 11 is 0. The average molecular weight is 382 g/mol. The number of phenolic OH excluding ortho intramolecular Hbond substituents is 1. The van der Waals surface area contributed by atoms with Gasteiger partial charge < -0.3 is 14.9 Å². The van der Waals surface area contributed by atoms with Crippen LogP contribution in [0.15, 0.2) is 18.2 Å². The zero-order valence-electron chi connectivity index (χ0n) is 16.9. The van der Waals surface area contributed by atoms with E-state index in [9.17, 15) is 24.3 Å². The van der Waals surface area contributed by atoms with Crippen LogP contribution in [0.5, 0.6) is 5.75 Å². The first-order valence-corrected chi connectivity index (χ1v) is 10.2. The lowest BCUT2D eigenvalue weighted by Gasteiger charge is -2.27. The molecule has 26 heavy (non-hydrogen) atoms. The van der Waals surface area contributed by atoms with Gasteiger partial charge in [0, 0.05) is 11.1 Å². The molecule has 0 heterocycles. The molecule has 0 bridgehead atoms. The molecular formula is C20H31O5P. The topological polar surface area (TPSA) is 94.8 Å². The van der Waals surface area contributed by atoms with Crippen LogP contribution in [-0.2, 0) is 20.2 Å². The van der Waals surface area contributed by atoms with Gasteiger partial charge in [0.1, 0.15) is 10.9 Å². The summed E-state index contributed by atoms with van der Waals surface area (Å²) in [7, 11) is -4.59. The Kier molecular flexibility index (Phi) is 6.05. The molecule has 1 aromatic rings. The van der Waals surface area contributed by atoms with Crippen LogP contribution in [0.3, 0.4) is 0 Å². The van der Waals surface area contributed by atoms with Gasteiger partial charge in [-0.2, -0.15) is 0 Å². The minimum absolute atomic E-state index is 0.0727. The summed E-state index contributed by atoms with van der Waals surface area (Å²) in [6.07, 6.45) is 2.56. The van der Waals surface area contributed by atoms with Crippen LogP contribution in [0.2, 0.25) is 0 Å². The molecule has 1 rings (SSSR count). The molecular weight excluding hydrogens is 351 g/mol. The van der Waals surface area contributed by atoms with E-state index in [0.717, 1.165) is 17.2 Å². The molecule has 0 aliphatic carbocycles. The first-order chi connectivity index (χ1) is 11.4. The predicted octanol–water partition coefficient (Wildman–Crippen LogP) is 4.53. The van der Waals surface area contributed by atoms with Crippen LogP contribution in [0.4, 0.5) is 0 Å². The molecule has 0 aromatic heterocycles. The summed E-state index contributed by atoms with van der Waals surface area (Å²) in [5.41, 5.74) is 1.75. The summed E-state index contributed by atoms with van der Waals surface area (Å²) in [5, 5.41) is 8.86. The van der Waals surface area contributed by atoms with Crippen molar-refractivity contribution in [3.63, 3.8) is 0 Å². The second kappa shape index (κ2) is 6.95. The van der Waals surface area contributed by atoms with E-state index in [1.54, 1.807) is 6.07 Å².